The summed E-state index contributed by atoms with van der Waals surface area (Å²) in [4.78, 5) is 28.2. The number of carbonyl (C=O) groups is 2. The van der Waals surface area contributed by atoms with Crippen molar-refractivity contribution in [2.24, 2.45) is 11.8 Å². The van der Waals surface area contributed by atoms with Crippen LogP contribution in [-0.2, 0) is 14.3 Å². The third-order valence-electron chi connectivity index (χ3n) is 6.81. The molecule has 0 unspecified atom stereocenters. The second kappa shape index (κ2) is 5.63. The number of imide groups is 1. The first-order valence-corrected chi connectivity index (χ1v) is 9.56. The normalized spacial score (nSPS) is 33.5. The summed E-state index contributed by atoms with van der Waals surface area (Å²) >= 11 is 0. The molecular weight excluding hydrogens is 356 g/mol. The lowest BCUT2D eigenvalue weighted by atomic mass is 9.67. The van der Waals surface area contributed by atoms with Crippen molar-refractivity contribution in [2.75, 3.05) is 11.5 Å². The number of carbonyl (C=O) groups excluding carboxylic acids is 2. The fraction of sp³-hybridized carbons (Fsp3) is 0.409. The third-order valence-corrected chi connectivity index (χ3v) is 6.81. The number of amides is 2. The van der Waals surface area contributed by atoms with Gasteiger partial charge in [0.25, 0.3) is 0 Å². The van der Waals surface area contributed by atoms with Crippen molar-refractivity contribution in [1.82, 2.24) is 0 Å². The topological polar surface area (TPSA) is 90.6 Å². The van der Waals surface area contributed by atoms with Crippen LogP contribution in [0.2, 0.25) is 0 Å². The number of hydrogen-bond donors (Lipinski definition) is 1. The molecule has 28 heavy (non-hydrogen) atoms. The molecule has 3 aliphatic rings. The number of ether oxygens (including phenoxy) is 1. The lowest BCUT2D eigenvalue weighted by Gasteiger charge is -2.30. The summed E-state index contributed by atoms with van der Waals surface area (Å²) in [5.41, 5.74) is -0.422. The Labute approximate surface area is 162 Å². The van der Waals surface area contributed by atoms with Crippen LogP contribution in [0.5, 0.6) is 0 Å². The highest BCUT2D eigenvalue weighted by Crippen LogP contribution is 2.62. The maximum Gasteiger partial charge on any atom is 0.240 e. The highest BCUT2D eigenvalue weighted by molar-refractivity contribution is 6.26. The molecule has 0 spiro atoms. The number of anilines is 1. The molecule has 6 heteroatoms. The molecule has 2 aromatic carbocycles. The van der Waals surface area contributed by atoms with Crippen LogP contribution in [0.1, 0.15) is 31.7 Å². The van der Waals surface area contributed by atoms with Gasteiger partial charge in [0.2, 0.25) is 11.8 Å². The fourth-order valence-corrected chi connectivity index (χ4v) is 5.61. The summed E-state index contributed by atoms with van der Waals surface area (Å²) in [5.74, 6) is -1.61. The van der Waals surface area contributed by atoms with E-state index < -0.39 is 23.0 Å². The summed E-state index contributed by atoms with van der Waals surface area (Å²) in [6.45, 7) is 1.82. The van der Waals surface area contributed by atoms with Crippen LogP contribution in [0.25, 0.3) is 10.8 Å². The van der Waals surface area contributed by atoms with E-state index in [1.54, 1.807) is 12.1 Å². The van der Waals surface area contributed by atoms with Gasteiger partial charge in [0.1, 0.15) is 0 Å². The van der Waals surface area contributed by atoms with Gasteiger partial charge in [-0.25, -0.2) is 4.90 Å². The molecule has 1 N–H and O–H groups in total. The van der Waals surface area contributed by atoms with Crippen LogP contribution in [0.3, 0.4) is 0 Å². The van der Waals surface area contributed by atoms with Gasteiger partial charge in [0, 0.05) is 23.8 Å². The Kier molecular flexibility index (Phi) is 3.49. The van der Waals surface area contributed by atoms with E-state index >= 15 is 0 Å². The van der Waals surface area contributed by atoms with Crippen LogP contribution in [0, 0.1) is 23.2 Å². The Morgan fingerprint density at radius 3 is 2.57 bits per heavy atom. The van der Waals surface area contributed by atoms with Crippen LogP contribution >= 0.6 is 0 Å². The Morgan fingerprint density at radius 1 is 1.14 bits per heavy atom. The van der Waals surface area contributed by atoms with Gasteiger partial charge in [-0.3, -0.25) is 9.59 Å². The van der Waals surface area contributed by atoms with E-state index in [9.17, 15) is 20.0 Å². The Morgan fingerprint density at radius 2 is 1.86 bits per heavy atom. The third kappa shape index (κ3) is 1.98. The van der Waals surface area contributed by atoms with Crippen molar-refractivity contribution in [3.05, 3.63) is 42.0 Å². The van der Waals surface area contributed by atoms with Crippen molar-refractivity contribution in [1.29, 1.82) is 5.26 Å². The van der Waals surface area contributed by atoms with Crippen LogP contribution in [-0.4, -0.2) is 34.7 Å². The molecule has 3 fully saturated rings. The molecule has 0 radical (unpaired) electrons. The van der Waals surface area contributed by atoms with Crippen molar-refractivity contribution in [3.8, 4) is 6.07 Å². The molecule has 0 aliphatic carbocycles. The Hall–Kier alpha value is -2.75. The Bertz CT molecular complexity index is 1070. The van der Waals surface area contributed by atoms with Crippen molar-refractivity contribution in [3.63, 3.8) is 0 Å². The van der Waals surface area contributed by atoms with Gasteiger partial charge in [0.05, 0.1) is 40.4 Å². The van der Waals surface area contributed by atoms with Crippen molar-refractivity contribution >= 4 is 28.3 Å². The molecule has 142 valence electrons. The molecule has 4 atom stereocenters. The van der Waals surface area contributed by atoms with E-state index in [4.69, 9.17) is 4.74 Å². The summed E-state index contributed by atoms with van der Waals surface area (Å²) < 4.78 is 6.23. The molecule has 6 nitrogen and oxygen atoms in total. The first kappa shape index (κ1) is 17.4. The smallest absolute Gasteiger partial charge is 0.240 e. The van der Waals surface area contributed by atoms with Crippen LogP contribution in [0.4, 0.5) is 5.69 Å². The zero-order chi connectivity index (χ0) is 19.7. The maximum absolute atomic E-state index is 13.5. The minimum atomic E-state index is -0.766. The minimum absolute atomic E-state index is 0.0828. The summed E-state index contributed by atoms with van der Waals surface area (Å²) in [6, 6.07) is 12.8. The number of benzene rings is 2. The van der Waals surface area contributed by atoms with Gasteiger partial charge in [-0.05, 0) is 31.9 Å². The first-order valence-electron chi connectivity index (χ1n) is 9.56. The van der Waals surface area contributed by atoms with Gasteiger partial charge >= 0.3 is 0 Å². The standard InChI is InChI=1S/C22H20N2O4/c1-21-8-9-22(28-21,10-11-25)18-17(21)19(26)24(20(18)27)16-7-6-13(12-23)14-4-2-3-5-15(14)16/h2-7,17-18,25H,8-11H2,1H3/t17-,18-,21-,22-/m1/s1. The molecule has 5 rings (SSSR count). The maximum atomic E-state index is 13.5. The largest absolute Gasteiger partial charge is 0.396 e. The van der Waals surface area contributed by atoms with E-state index in [-0.39, 0.29) is 18.4 Å². The zero-order valence-corrected chi connectivity index (χ0v) is 15.5. The minimum Gasteiger partial charge on any atom is -0.396 e. The molecule has 2 bridgehead atoms. The average Bonchev–Trinajstić information content (AvgIpc) is 3.26. The summed E-state index contributed by atoms with van der Waals surface area (Å²) in [6.07, 6.45) is 1.73. The second-order valence-electron chi connectivity index (χ2n) is 8.21. The fourth-order valence-electron chi connectivity index (χ4n) is 5.61. The molecular formula is C22H20N2O4. The van der Waals surface area contributed by atoms with E-state index in [0.29, 0.717) is 35.9 Å². The highest BCUT2D eigenvalue weighted by Gasteiger charge is 2.73. The average molecular weight is 376 g/mol. The van der Waals surface area contributed by atoms with Gasteiger partial charge < -0.3 is 9.84 Å². The van der Waals surface area contributed by atoms with E-state index in [2.05, 4.69) is 6.07 Å². The van der Waals surface area contributed by atoms with E-state index in [1.165, 1.54) is 4.90 Å². The molecule has 0 saturated carbocycles. The predicted octanol–water partition coefficient (Wildman–Crippen LogP) is 2.52. The number of fused-ring (bicyclic) bond motifs is 6. The molecule has 3 heterocycles. The van der Waals surface area contributed by atoms with Gasteiger partial charge in [0.15, 0.2) is 0 Å². The van der Waals surface area contributed by atoms with Gasteiger partial charge in [-0.1, -0.05) is 24.3 Å². The second-order valence-corrected chi connectivity index (χ2v) is 8.21. The number of nitriles is 1. The number of rotatable bonds is 3. The number of aliphatic hydroxyl groups is 1. The molecule has 0 aromatic heterocycles. The number of aliphatic hydroxyl groups excluding tert-OH is 1. The van der Waals surface area contributed by atoms with Gasteiger partial charge in [-0.15, -0.1) is 0 Å². The van der Waals surface area contributed by atoms with E-state index in [1.807, 2.05) is 31.2 Å². The molecule has 3 aliphatic heterocycles. The monoisotopic (exact) mass is 376 g/mol. The lowest BCUT2D eigenvalue weighted by Crippen LogP contribution is -2.42. The van der Waals surface area contributed by atoms with Crippen LogP contribution < -0.4 is 4.90 Å². The van der Waals surface area contributed by atoms with Gasteiger partial charge in [-0.2, -0.15) is 5.26 Å². The highest BCUT2D eigenvalue weighted by atomic mass is 16.5. The number of hydrogen-bond acceptors (Lipinski definition) is 5. The number of nitrogens with zero attached hydrogens (tertiary/aromatic N) is 2. The van der Waals surface area contributed by atoms with Crippen molar-refractivity contribution < 1.29 is 19.4 Å². The zero-order valence-electron chi connectivity index (χ0n) is 15.5. The lowest BCUT2D eigenvalue weighted by molar-refractivity contribution is -0.131. The van der Waals surface area contributed by atoms with Crippen LogP contribution in [0.15, 0.2) is 36.4 Å². The molecule has 3 saturated heterocycles. The molecule has 2 aromatic rings. The quantitative estimate of drug-likeness (QED) is 0.832. The summed E-state index contributed by atoms with van der Waals surface area (Å²) in [7, 11) is 0. The first-order chi connectivity index (χ1) is 13.5. The van der Waals surface area contributed by atoms with E-state index in [0.717, 1.165) is 5.39 Å². The van der Waals surface area contributed by atoms with Crippen molar-refractivity contribution in [2.45, 2.75) is 37.4 Å². The SMILES string of the molecule is C[C@]12CC[C@](CCO)(O1)[C@H]1C(=O)N(c3ccc(C#N)c4ccccc34)C(=O)[C@@H]12. The molecule has 2 amide bonds. The summed E-state index contributed by atoms with van der Waals surface area (Å²) in [5, 5.41) is 20.4. The predicted molar refractivity (Wildman–Crippen MR) is 101 cm³/mol. The Balaban J connectivity index is 1.67.